The second-order valence-corrected chi connectivity index (χ2v) is 10.1. The molecule has 0 radical (unpaired) electrons. The lowest BCUT2D eigenvalue weighted by molar-refractivity contribution is -0.386. The van der Waals surface area contributed by atoms with E-state index in [2.05, 4.69) is 5.32 Å². The van der Waals surface area contributed by atoms with Gasteiger partial charge in [-0.3, -0.25) is 29.4 Å². The van der Waals surface area contributed by atoms with E-state index in [9.17, 15) is 29.3 Å². The van der Waals surface area contributed by atoms with Crippen LogP contribution in [0.2, 0.25) is 0 Å². The van der Waals surface area contributed by atoms with Gasteiger partial charge >= 0.3 is 17.3 Å². The van der Waals surface area contributed by atoms with Crippen molar-refractivity contribution in [1.82, 2.24) is 19.7 Å². The van der Waals surface area contributed by atoms with Crippen molar-refractivity contribution in [2.45, 2.75) is 44.3 Å². The molecule has 0 aliphatic carbocycles. The lowest BCUT2D eigenvalue weighted by atomic mass is 9.83. The number of nitrogens with zero attached hydrogens (tertiary/aromatic N) is 4. The van der Waals surface area contributed by atoms with Crippen LogP contribution in [0.4, 0.5) is 10.5 Å². The average Bonchev–Trinajstić information content (AvgIpc) is 3.19. The highest BCUT2D eigenvalue weighted by molar-refractivity contribution is 6.04. The number of rotatable bonds is 8. The first-order valence-electron chi connectivity index (χ1n) is 12.7. The summed E-state index contributed by atoms with van der Waals surface area (Å²) < 4.78 is 12.0. The van der Waals surface area contributed by atoms with E-state index in [1.165, 1.54) is 24.9 Å². The van der Waals surface area contributed by atoms with E-state index in [1.807, 2.05) is 0 Å². The number of urea groups is 1. The zero-order chi connectivity index (χ0) is 27.8. The molecule has 0 spiro atoms. The van der Waals surface area contributed by atoms with Gasteiger partial charge in [0, 0.05) is 43.7 Å². The Morgan fingerprint density at radius 3 is 2.56 bits per heavy atom. The van der Waals surface area contributed by atoms with Crippen LogP contribution >= 0.6 is 0 Å². The number of nitro groups is 1. The van der Waals surface area contributed by atoms with Gasteiger partial charge in [0.25, 0.3) is 5.91 Å². The van der Waals surface area contributed by atoms with E-state index in [1.54, 1.807) is 29.2 Å². The smallest absolute Gasteiger partial charge is 0.334 e. The number of ether oxygens (including phenoxy) is 2. The number of imide groups is 1. The number of aromatic nitrogens is 1. The number of piperidine rings is 1. The highest BCUT2D eigenvalue weighted by atomic mass is 16.6. The van der Waals surface area contributed by atoms with E-state index < -0.39 is 34.2 Å². The van der Waals surface area contributed by atoms with Crippen molar-refractivity contribution in [3.63, 3.8) is 0 Å². The van der Waals surface area contributed by atoms with Crippen molar-refractivity contribution in [1.29, 1.82) is 0 Å². The van der Waals surface area contributed by atoms with Crippen LogP contribution in [0, 0.1) is 16.0 Å². The maximum atomic E-state index is 13.1. The minimum Gasteiger partial charge on any atom is -0.493 e. The van der Waals surface area contributed by atoms with Gasteiger partial charge < -0.3 is 24.3 Å². The molecule has 2 bridgehead atoms. The molecule has 206 valence electrons. The zero-order valence-electron chi connectivity index (χ0n) is 21.6. The summed E-state index contributed by atoms with van der Waals surface area (Å²) in [6.07, 6.45) is 1.04. The SMILES string of the molecule is COc1ccc(CN2C(=O)NC(CCC(=O)N3C[C@H]4C[C@@H](C3)c3ccc([N+](=O)[O-])c(=O)n3C4)C2=O)cc1OC. The van der Waals surface area contributed by atoms with E-state index >= 15 is 0 Å². The van der Waals surface area contributed by atoms with Crippen molar-refractivity contribution >= 4 is 23.5 Å². The summed E-state index contributed by atoms with van der Waals surface area (Å²) in [6.45, 7) is 1.20. The third kappa shape index (κ3) is 4.91. The van der Waals surface area contributed by atoms with Crippen molar-refractivity contribution < 1.29 is 28.8 Å². The number of nitrogens with one attached hydrogen (secondary N) is 1. The van der Waals surface area contributed by atoms with E-state index in [4.69, 9.17) is 9.47 Å². The minimum absolute atomic E-state index is 0.00435. The van der Waals surface area contributed by atoms with Gasteiger partial charge in [-0.25, -0.2) is 4.79 Å². The van der Waals surface area contributed by atoms with Gasteiger partial charge in [-0.1, -0.05) is 6.07 Å². The molecule has 1 aromatic carbocycles. The Bertz CT molecular complexity index is 1410. The number of hydrogen-bond acceptors (Lipinski definition) is 8. The van der Waals surface area contributed by atoms with E-state index in [0.717, 1.165) is 11.3 Å². The Morgan fingerprint density at radius 2 is 1.85 bits per heavy atom. The van der Waals surface area contributed by atoms with Crippen LogP contribution in [0.1, 0.15) is 36.4 Å². The average molecular weight is 540 g/mol. The van der Waals surface area contributed by atoms with Crippen LogP contribution in [0.15, 0.2) is 35.1 Å². The quantitative estimate of drug-likeness (QED) is 0.302. The summed E-state index contributed by atoms with van der Waals surface area (Å²) in [5.41, 5.74) is 0.330. The second kappa shape index (κ2) is 10.4. The third-order valence-electron chi connectivity index (χ3n) is 7.68. The number of hydrogen-bond donors (Lipinski definition) is 1. The first kappa shape index (κ1) is 26.2. The Hall–Kier alpha value is -4.42. The third-order valence-corrected chi connectivity index (χ3v) is 7.68. The summed E-state index contributed by atoms with van der Waals surface area (Å²) >= 11 is 0. The summed E-state index contributed by atoms with van der Waals surface area (Å²) in [6, 6.07) is 6.67. The van der Waals surface area contributed by atoms with Crippen molar-refractivity contribution in [3.05, 3.63) is 62.1 Å². The van der Waals surface area contributed by atoms with Gasteiger partial charge in [0.05, 0.1) is 25.7 Å². The Labute approximate surface area is 223 Å². The molecular weight excluding hydrogens is 510 g/mol. The molecule has 1 unspecified atom stereocenters. The summed E-state index contributed by atoms with van der Waals surface area (Å²) in [7, 11) is 3.02. The molecule has 3 aliphatic rings. The van der Waals surface area contributed by atoms with Crippen LogP contribution in [0.25, 0.3) is 0 Å². The number of carbonyl (C=O) groups excluding carboxylic acids is 3. The molecular formula is C26H29N5O8. The number of methoxy groups -OCH3 is 2. The van der Waals surface area contributed by atoms with Crippen molar-refractivity contribution in [3.8, 4) is 11.5 Å². The summed E-state index contributed by atoms with van der Waals surface area (Å²) in [5.74, 6) is 0.398. The zero-order valence-corrected chi connectivity index (χ0v) is 21.6. The van der Waals surface area contributed by atoms with Crippen LogP contribution in [-0.2, 0) is 22.7 Å². The molecule has 2 aromatic rings. The number of pyridine rings is 1. The predicted octanol–water partition coefficient (Wildman–Crippen LogP) is 1.62. The van der Waals surface area contributed by atoms with Gasteiger partial charge in [0.15, 0.2) is 11.5 Å². The molecule has 2 fully saturated rings. The van der Waals surface area contributed by atoms with Gasteiger partial charge in [-0.15, -0.1) is 0 Å². The highest BCUT2D eigenvalue weighted by Crippen LogP contribution is 2.36. The standard InChI is InChI=1S/C26H29N5O8/c1-38-21-7-3-15(10-22(21)39-2)12-30-24(33)18(27-26(30)35)4-8-23(32)28-11-16-9-17(14-28)19-5-6-20(31(36)37)25(34)29(19)13-16/h3,5-7,10,16-18H,4,8-9,11-14H2,1-2H3,(H,27,35)/t16-,17+,18?/m1/s1. The van der Waals surface area contributed by atoms with Gasteiger partial charge in [0.2, 0.25) is 5.91 Å². The Balaban J connectivity index is 1.20. The van der Waals surface area contributed by atoms with Crippen LogP contribution < -0.4 is 20.3 Å². The Kier molecular flexibility index (Phi) is 6.98. The molecule has 0 saturated carbocycles. The maximum absolute atomic E-state index is 13.1. The lowest BCUT2D eigenvalue weighted by Crippen LogP contribution is -2.49. The van der Waals surface area contributed by atoms with Crippen molar-refractivity contribution in [2.75, 3.05) is 27.3 Å². The fourth-order valence-corrected chi connectivity index (χ4v) is 5.79. The fraction of sp³-hybridized carbons (Fsp3) is 0.462. The molecule has 3 aliphatic heterocycles. The second-order valence-electron chi connectivity index (χ2n) is 10.1. The molecule has 1 aromatic heterocycles. The first-order valence-corrected chi connectivity index (χ1v) is 12.7. The largest absolute Gasteiger partial charge is 0.493 e. The minimum atomic E-state index is -0.800. The van der Waals surface area contributed by atoms with Crippen LogP contribution in [-0.4, -0.2) is 70.5 Å². The van der Waals surface area contributed by atoms with Crippen molar-refractivity contribution in [2.24, 2.45) is 5.92 Å². The molecule has 4 heterocycles. The first-order chi connectivity index (χ1) is 18.7. The Morgan fingerprint density at radius 1 is 1.08 bits per heavy atom. The maximum Gasteiger partial charge on any atom is 0.334 e. The molecule has 13 heteroatoms. The molecule has 4 amide bonds. The van der Waals surface area contributed by atoms with E-state index in [-0.39, 0.29) is 37.1 Å². The monoisotopic (exact) mass is 539 g/mol. The lowest BCUT2D eigenvalue weighted by Gasteiger charge is -2.42. The molecule has 3 atom stereocenters. The van der Waals surface area contributed by atoms with Crippen LogP contribution in [0.3, 0.4) is 0 Å². The summed E-state index contributed by atoms with van der Waals surface area (Å²) in [4.78, 5) is 64.5. The summed E-state index contributed by atoms with van der Waals surface area (Å²) in [5, 5.41) is 13.8. The van der Waals surface area contributed by atoms with E-state index in [0.29, 0.717) is 42.4 Å². The number of fused-ring (bicyclic) bond motifs is 4. The number of likely N-dealkylation sites (tertiary alicyclic amines) is 1. The van der Waals surface area contributed by atoms with Gasteiger partial charge in [-0.2, -0.15) is 0 Å². The highest BCUT2D eigenvalue weighted by Gasteiger charge is 2.40. The predicted molar refractivity (Wildman–Crippen MR) is 136 cm³/mol. The number of carbonyl (C=O) groups is 3. The topological polar surface area (TPSA) is 153 Å². The van der Waals surface area contributed by atoms with Gasteiger partial charge in [0.1, 0.15) is 6.04 Å². The normalized spacial score (nSPS) is 21.8. The number of amides is 4. The fourth-order valence-electron chi connectivity index (χ4n) is 5.79. The van der Waals surface area contributed by atoms with Crippen LogP contribution in [0.5, 0.6) is 11.5 Å². The molecule has 39 heavy (non-hydrogen) atoms. The van der Waals surface area contributed by atoms with Gasteiger partial charge in [-0.05, 0) is 42.5 Å². The molecule has 2 saturated heterocycles. The molecule has 5 rings (SSSR count). The molecule has 1 N–H and O–H groups in total. The molecule has 13 nitrogen and oxygen atoms in total. The number of benzene rings is 1.